The fourth-order valence-electron chi connectivity index (χ4n) is 1.89. The average molecular weight is 291 g/mol. The van der Waals surface area contributed by atoms with Crippen molar-refractivity contribution < 1.29 is 14.3 Å². The lowest BCUT2D eigenvalue weighted by Gasteiger charge is -2.38. The summed E-state index contributed by atoms with van der Waals surface area (Å²) in [5.41, 5.74) is -0.671. The first-order chi connectivity index (χ1) is 8.79. The molecule has 110 valence electrons. The Morgan fingerprint density at radius 2 is 2.11 bits per heavy atom. The predicted molar refractivity (Wildman–Crippen MR) is 74.1 cm³/mol. The zero-order valence-electron chi connectivity index (χ0n) is 12.0. The van der Waals surface area contributed by atoms with Gasteiger partial charge in [-0.2, -0.15) is 0 Å². The van der Waals surface area contributed by atoms with Crippen LogP contribution in [0.15, 0.2) is 0 Å². The fourth-order valence-corrected chi connectivity index (χ4v) is 2.00. The van der Waals surface area contributed by atoms with Gasteiger partial charge in [0.05, 0.1) is 18.6 Å². The summed E-state index contributed by atoms with van der Waals surface area (Å²) >= 11 is 5.84. The highest BCUT2D eigenvalue weighted by Gasteiger charge is 2.39. The number of morpholine rings is 1. The number of nitrogens with zero attached hydrogens (tertiary/aromatic N) is 1. The Kier molecular flexibility index (Phi) is 5.62. The Labute approximate surface area is 119 Å². The standard InChI is InChI=1S/C13H23ClN2O3/c1-9(2)15-11(17)10-7-19-6-5-16(10)12(18)13(3,4)8-14/h9-10H,5-8H2,1-4H3,(H,15,17). The molecular weight excluding hydrogens is 268 g/mol. The minimum atomic E-state index is -0.671. The molecule has 2 amide bonds. The molecule has 1 heterocycles. The number of amides is 2. The van der Waals surface area contributed by atoms with Gasteiger partial charge < -0.3 is 15.0 Å². The summed E-state index contributed by atoms with van der Waals surface area (Å²) in [7, 11) is 0. The Balaban J connectivity index is 2.83. The number of hydrogen-bond acceptors (Lipinski definition) is 3. The number of nitrogens with one attached hydrogen (secondary N) is 1. The molecule has 1 unspecified atom stereocenters. The summed E-state index contributed by atoms with van der Waals surface area (Å²) in [5.74, 6) is -0.0510. The van der Waals surface area contributed by atoms with E-state index in [2.05, 4.69) is 5.32 Å². The largest absolute Gasteiger partial charge is 0.377 e. The number of carbonyl (C=O) groups excluding carboxylic acids is 2. The summed E-state index contributed by atoms with van der Waals surface area (Å²) in [5, 5.41) is 2.82. The number of carbonyl (C=O) groups is 2. The molecule has 1 N–H and O–H groups in total. The van der Waals surface area contributed by atoms with Crippen molar-refractivity contribution in [3.8, 4) is 0 Å². The van der Waals surface area contributed by atoms with Crippen LogP contribution in [0.1, 0.15) is 27.7 Å². The van der Waals surface area contributed by atoms with Crippen LogP contribution in [0.4, 0.5) is 0 Å². The van der Waals surface area contributed by atoms with Gasteiger partial charge in [-0.25, -0.2) is 0 Å². The molecule has 0 aromatic rings. The molecule has 0 radical (unpaired) electrons. The Hall–Kier alpha value is -0.810. The monoisotopic (exact) mass is 290 g/mol. The van der Waals surface area contributed by atoms with Crippen molar-refractivity contribution in [1.29, 1.82) is 0 Å². The molecule has 1 aliphatic rings. The van der Waals surface area contributed by atoms with Crippen LogP contribution in [0.5, 0.6) is 0 Å². The van der Waals surface area contributed by atoms with Crippen molar-refractivity contribution in [2.75, 3.05) is 25.6 Å². The van der Waals surface area contributed by atoms with Crippen molar-refractivity contribution in [2.24, 2.45) is 5.41 Å². The lowest BCUT2D eigenvalue weighted by Crippen LogP contribution is -2.59. The maximum atomic E-state index is 12.5. The molecule has 0 saturated carbocycles. The van der Waals surface area contributed by atoms with E-state index in [1.54, 1.807) is 18.7 Å². The highest BCUT2D eigenvalue weighted by Crippen LogP contribution is 2.23. The number of hydrogen-bond donors (Lipinski definition) is 1. The van der Waals surface area contributed by atoms with Gasteiger partial charge in [0.25, 0.3) is 0 Å². The first-order valence-electron chi connectivity index (χ1n) is 6.54. The van der Waals surface area contributed by atoms with Crippen molar-refractivity contribution in [3.63, 3.8) is 0 Å². The van der Waals surface area contributed by atoms with E-state index in [0.29, 0.717) is 13.2 Å². The predicted octanol–water partition coefficient (Wildman–Crippen LogP) is 1.00. The van der Waals surface area contributed by atoms with Crippen LogP contribution in [-0.4, -0.2) is 54.4 Å². The topological polar surface area (TPSA) is 58.6 Å². The van der Waals surface area contributed by atoms with Crippen LogP contribution in [0.3, 0.4) is 0 Å². The van der Waals surface area contributed by atoms with Crippen molar-refractivity contribution >= 4 is 23.4 Å². The third-order valence-corrected chi connectivity index (χ3v) is 3.70. The molecule has 1 aliphatic heterocycles. The van der Waals surface area contributed by atoms with Gasteiger partial charge in [0, 0.05) is 18.5 Å². The summed E-state index contributed by atoms with van der Waals surface area (Å²) in [6, 6.07) is -0.529. The van der Waals surface area contributed by atoms with Crippen LogP contribution < -0.4 is 5.32 Å². The van der Waals surface area contributed by atoms with Crippen LogP contribution in [0, 0.1) is 5.41 Å². The molecule has 1 fully saturated rings. The number of rotatable bonds is 4. The van der Waals surface area contributed by atoms with E-state index in [-0.39, 0.29) is 30.3 Å². The molecule has 1 rings (SSSR count). The Morgan fingerprint density at radius 3 is 2.63 bits per heavy atom. The summed E-state index contributed by atoms with van der Waals surface area (Å²) in [6.45, 7) is 8.46. The minimum Gasteiger partial charge on any atom is -0.377 e. The first-order valence-corrected chi connectivity index (χ1v) is 7.08. The van der Waals surface area contributed by atoms with Crippen molar-refractivity contribution in [3.05, 3.63) is 0 Å². The van der Waals surface area contributed by atoms with E-state index in [0.717, 1.165) is 0 Å². The average Bonchev–Trinajstić information content (AvgIpc) is 2.37. The maximum absolute atomic E-state index is 12.5. The van der Waals surface area contributed by atoms with E-state index in [1.165, 1.54) is 0 Å². The molecule has 0 aromatic carbocycles. The Morgan fingerprint density at radius 1 is 1.47 bits per heavy atom. The van der Waals surface area contributed by atoms with Gasteiger partial charge >= 0.3 is 0 Å². The molecule has 0 spiro atoms. The Bertz CT molecular complexity index is 345. The van der Waals surface area contributed by atoms with Crippen molar-refractivity contribution in [1.82, 2.24) is 10.2 Å². The quantitative estimate of drug-likeness (QED) is 0.786. The number of halogens is 1. The van der Waals surface area contributed by atoms with Crippen LogP contribution in [0.25, 0.3) is 0 Å². The van der Waals surface area contributed by atoms with Gasteiger partial charge in [-0.1, -0.05) is 0 Å². The summed E-state index contributed by atoms with van der Waals surface area (Å²) in [6.07, 6.45) is 0. The van der Waals surface area contributed by atoms with Gasteiger partial charge in [-0.15, -0.1) is 11.6 Å². The number of alkyl halides is 1. The molecule has 0 aliphatic carbocycles. The van der Waals surface area contributed by atoms with Crippen LogP contribution >= 0.6 is 11.6 Å². The molecule has 1 atom stereocenters. The zero-order chi connectivity index (χ0) is 14.6. The van der Waals surface area contributed by atoms with E-state index in [4.69, 9.17) is 16.3 Å². The third kappa shape index (κ3) is 4.08. The second-order valence-corrected chi connectivity index (χ2v) is 6.04. The molecule has 19 heavy (non-hydrogen) atoms. The second kappa shape index (κ2) is 6.57. The van der Waals surface area contributed by atoms with Gasteiger partial charge in [0.1, 0.15) is 6.04 Å². The molecular formula is C13H23ClN2O3. The summed E-state index contributed by atoms with van der Waals surface area (Å²) in [4.78, 5) is 26.2. The minimum absolute atomic E-state index is 0.0346. The third-order valence-electron chi connectivity index (χ3n) is 3.04. The van der Waals surface area contributed by atoms with E-state index >= 15 is 0 Å². The highest BCUT2D eigenvalue weighted by atomic mass is 35.5. The normalized spacial score (nSPS) is 20.5. The van der Waals surface area contributed by atoms with E-state index < -0.39 is 11.5 Å². The lowest BCUT2D eigenvalue weighted by molar-refractivity contribution is -0.154. The second-order valence-electron chi connectivity index (χ2n) is 5.77. The van der Waals surface area contributed by atoms with Gasteiger partial charge in [-0.3, -0.25) is 9.59 Å². The van der Waals surface area contributed by atoms with Crippen molar-refractivity contribution in [2.45, 2.75) is 39.8 Å². The molecule has 6 heteroatoms. The molecule has 5 nitrogen and oxygen atoms in total. The zero-order valence-corrected chi connectivity index (χ0v) is 12.8. The molecule has 0 aromatic heterocycles. The highest BCUT2D eigenvalue weighted by molar-refractivity contribution is 6.19. The fraction of sp³-hybridized carbons (Fsp3) is 0.846. The van der Waals surface area contributed by atoms with E-state index in [1.807, 2.05) is 13.8 Å². The lowest BCUT2D eigenvalue weighted by atomic mass is 9.93. The van der Waals surface area contributed by atoms with Gasteiger partial charge in [-0.05, 0) is 27.7 Å². The number of ether oxygens (including phenoxy) is 1. The van der Waals surface area contributed by atoms with Gasteiger partial charge in [0.2, 0.25) is 11.8 Å². The van der Waals surface area contributed by atoms with Crippen LogP contribution in [0.2, 0.25) is 0 Å². The van der Waals surface area contributed by atoms with E-state index in [9.17, 15) is 9.59 Å². The van der Waals surface area contributed by atoms with Crippen LogP contribution in [-0.2, 0) is 14.3 Å². The maximum Gasteiger partial charge on any atom is 0.245 e. The first kappa shape index (κ1) is 16.2. The summed E-state index contributed by atoms with van der Waals surface area (Å²) < 4.78 is 5.32. The SMILES string of the molecule is CC(C)NC(=O)C1COCCN1C(=O)C(C)(C)CCl. The molecule has 1 saturated heterocycles. The van der Waals surface area contributed by atoms with Gasteiger partial charge in [0.15, 0.2) is 0 Å². The smallest absolute Gasteiger partial charge is 0.245 e. The molecule has 0 bridgehead atoms.